The number of hydrogen-bond donors (Lipinski definition) is 4. The van der Waals surface area contributed by atoms with Gasteiger partial charge < -0.3 is 40.4 Å². The summed E-state index contributed by atoms with van der Waals surface area (Å²) in [6.07, 6.45) is -2.50. The molecule has 11 nitrogen and oxygen atoms in total. The Morgan fingerprint density at radius 1 is 1.00 bits per heavy atom. The number of alkyl carbamates (subject to hydrolysis) is 1. The lowest BCUT2D eigenvalue weighted by Crippen LogP contribution is -2.48. The molecule has 0 saturated carbocycles. The number of carbonyl (C=O) groups is 2. The third-order valence-corrected chi connectivity index (χ3v) is 9.43. The van der Waals surface area contributed by atoms with Crippen molar-refractivity contribution in [3.05, 3.63) is 101 Å². The average Bonchev–Trinajstić information content (AvgIpc) is 3.35. The lowest BCUT2D eigenvalue weighted by molar-refractivity contribution is -0.137. The molecule has 0 aromatic heterocycles. The molecule has 1 fully saturated rings. The van der Waals surface area contributed by atoms with Gasteiger partial charge in [-0.2, -0.15) is 0 Å². The van der Waals surface area contributed by atoms with Crippen LogP contribution in [0.2, 0.25) is 0 Å². The first-order valence-electron chi connectivity index (χ1n) is 17.4. The molecule has 2 amide bonds. The summed E-state index contributed by atoms with van der Waals surface area (Å²) in [5, 5.41) is 25.9. The molecule has 1 aliphatic heterocycles. The molecule has 5 N–H and O–H groups in total. The number of nitrogens with two attached hydrogens (primary N) is 1. The van der Waals surface area contributed by atoms with E-state index in [0.29, 0.717) is 24.3 Å². The number of morpholine rings is 1. The molecule has 11 heteroatoms. The van der Waals surface area contributed by atoms with Crippen LogP contribution in [-0.4, -0.2) is 102 Å². The van der Waals surface area contributed by atoms with Crippen LogP contribution >= 0.6 is 0 Å². The fourth-order valence-electron chi connectivity index (χ4n) is 6.78. The van der Waals surface area contributed by atoms with Crippen LogP contribution in [0, 0.1) is 0 Å². The van der Waals surface area contributed by atoms with Gasteiger partial charge in [0.05, 0.1) is 49.5 Å². The quantitative estimate of drug-likeness (QED) is 0.210. The molecule has 0 bridgehead atoms. The lowest BCUT2D eigenvalue weighted by Gasteiger charge is -2.34. The Balaban J connectivity index is 1.39. The second kappa shape index (κ2) is 16.8. The number of rotatable bonds is 13. The maximum Gasteiger partial charge on any atom is 0.407 e. The number of fused-ring (bicyclic) bond motifs is 1. The van der Waals surface area contributed by atoms with Crippen LogP contribution in [0.3, 0.4) is 0 Å². The first-order valence-corrected chi connectivity index (χ1v) is 17.4. The molecule has 1 heterocycles. The maximum absolute atomic E-state index is 14.6. The zero-order valence-electron chi connectivity index (χ0n) is 29.5. The molecule has 3 aromatic rings. The van der Waals surface area contributed by atoms with Crippen molar-refractivity contribution in [2.24, 2.45) is 5.73 Å². The van der Waals surface area contributed by atoms with E-state index in [1.165, 1.54) is 4.90 Å². The van der Waals surface area contributed by atoms with Gasteiger partial charge in [0, 0.05) is 26.7 Å². The summed E-state index contributed by atoms with van der Waals surface area (Å²) in [5.74, 6) is -0.456. The smallest absolute Gasteiger partial charge is 0.407 e. The van der Waals surface area contributed by atoms with Crippen LogP contribution < -0.4 is 15.8 Å². The molecular weight excluding hydrogens is 636 g/mol. The molecule has 0 spiro atoms. The normalized spacial score (nSPS) is 21.1. The highest BCUT2D eigenvalue weighted by atomic mass is 16.6. The second-order valence-corrected chi connectivity index (χ2v) is 14.2. The van der Waals surface area contributed by atoms with Gasteiger partial charge in [0.15, 0.2) is 0 Å². The topological polar surface area (TPSA) is 147 Å². The molecule has 6 atom stereocenters. The van der Waals surface area contributed by atoms with Gasteiger partial charge in [-0.25, -0.2) is 4.79 Å². The van der Waals surface area contributed by atoms with Crippen LogP contribution in [0.5, 0.6) is 5.75 Å². The van der Waals surface area contributed by atoms with E-state index in [1.54, 1.807) is 27.8 Å². The largest absolute Gasteiger partial charge is 0.492 e. The molecule has 3 aromatic carbocycles. The van der Waals surface area contributed by atoms with Crippen molar-refractivity contribution in [3.8, 4) is 5.75 Å². The molecule has 1 aliphatic carbocycles. The number of likely N-dealkylation sites (N-methyl/N-ethyl adjacent to an activating group) is 1. The van der Waals surface area contributed by atoms with Crippen molar-refractivity contribution in [3.63, 3.8) is 0 Å². The number of aliphatic hydroxyl groups is 2. The Labute approximate surface area is 295 Å². The van der Waals surface area contributed by atoms with Gasteiger partial charge in [-0.05, 0) is 68.0 Å². The number of nitrogens with zero attached hydrogens (tertiary/aromatic N) is 2. The molecule has 0 unspecified atom stereocenters. The first kappa shape index (κ1) is 37.3. The number of hydrogen-bond acceptors (Lipinski definition) is 9. The van der Waals surface area contributed by atoms with E-state index in [1.807, 2.05) is 78.9 Å². The van der Waals surface area contributed by atoms with Crippen LogP contribution in [0.1, 0.15) is 67.4 Å². The minimum absolute atomic E-state index is 0.00970. The fourth-order valence-corrected chi connectivity index (χ4v) is 6.78. The summed E-state index contributed by atoms with van der Waals surface area (Å²) >= 11 is 0. The number of amides is 2. The number of aliphatic hydroxyl groups excluding tert-OH is 2. The standard InChI is InChI=1S/C39H52N4O7/c1-39(2,3)50-38(47)41-32(24-26-10-6-5-7-11-26)33(44)25-31(27-14-16-28(17-15-27)49-23-20-43-18-21-48-22-19-43)37(46)42(4)35-30-13-9-8-12-29(30)34(40)36(35)45/h5-17,31-36,44-45H,18-25,40H2,1-4H3,(H,41,47)/t31-,32+,33+,34+,35+,36-/m1/s1. The molecule has 50 heavy (non-hydrogen) atoms. The average molecular weight is 689 g/mol. The number of ether oxygens (including phenoxy) is 3. The number of nitrogens with one attached hydrogen (secondary N) is 1. The molecule has 5 rings (SSSR count). The second-order valence-electron chi connectivity index (χ2n) is 14.2. The monoisotopic (exact) mass is 688 g/mol. The Bertz CT molecular complexity index is 1540. The van der Waals surface area contributed by atoms with Crippen molar-refractivity contribution in [1.82, 2.24) is 15.1 Å². The van der Waals surface area contributed by atoms with Crippen LogP contribution in [-0.2, 0) is 20.7 Å². The van der Waals surface area contributed by atoms with Crippen LogP contribution in [0.15, 0.2) is 78.9 Å². The number of benzene rings is 3. The van der Waals surface area contributed by atoms with Crippen LogP contribution in [0.4, 0.5) is 4.79 Å². The van der Waals surface area contributed by atoms with Gasteiger partial charge in [-0.15, -0.1) is 0 Å². The Hall–Kier alpha value is -4.00. The summed E-state index contributed by atoms with van der Waals surface area (Å²) < 4.78 is 17.0. The Kier molecular flexibility index (Phi) is 12.5. The molecular formula is C39H52N4O7. The maximum atomic E-state index is 14.6. The van der Waals surface area contributed by atoms with Gasteiger partial charge in [-0.3, -0.25) is 9.69 Å². The molecule has 270 valence electrons. The van der Waals surface area contributed by atoms with Crippen molar-refractivity contribution >= 4 is 12.0 Å². The van der Waals surface area contributed by atoms with Crippen molar-refractivity contribution in [2.45, 2.75) is 75.5 Å². The minimum atomic E-state index is -1.14. The number of carbonyl (C=O) groups excluding carboxylic acids is 2. The highest BCUT2D eigenvalue weighted by Crippen LogP contribution is 2.42. The van der Waals surface area contributed by atoms with Crippen molar-refractivity contribution in [2.75, 3.05) is 46.5 Å². The van der Waals surface area contributed by atoms with Gasteiger partial charge in [0.2, 0.25) is 5.91 Å². The summed E-state index contributed by atoms with van der Waals surface area (Å²) in [5.41, 5.74) is 8.82. The summed E-state index contributed by atoms with van der Waals surface area (Å²) in [6, 6.07) is 22.3. The Morgan fingerprint density at radius 2 is 1.64 bits per heavy atom. The molecule has 0 radical (unpaired) electrons. The summed E-state index contributed by atoms with van der Waals surface area (Å²) in [7, 11) is 1.66. The van der Waals surface area contributed by atoms with E-state index in [-0.39, 0.29) is 12.3 Å². The zero-order valence-corrected chi connectivity index (χ0v) is 29.5. The fraction of sp³-hybridized carbons (Fsp3) is 0.487. The van der Waals surface area contributed by atoms with Crippen LogP contribution in [0.25, 0.3) is 0 Å². The lowest BCUT2D eigenvalue weighted by atomic mass is 9.87. The van der Waals surface area contributed by atoms with Gasteiger partial charge in [-0.1, -0.05) is 66.7 Å². The van der Waals surface area contributed by atoms with Gasteiger partial charge in [0.25, 0.3) is 0 Å². The third-order valence-electron chi connectivity index (χ3n) is 9.43. The van der Waals surface area contributed by atoms with E-state index in [9.17, 15) is 19.8 Å². The van der Waals surface area contributed by atoms with E-state index in [0.717, 1.165) is 49.5 Å². The predicted molar refractivity (Wildman–Crippen MR) is 191 cm³/mol. The van der Waals surface area contributed by atoms with E-state index in [4.69, 9.17) is 19.9 Å². The van der Waals surface area contributed by atoms with Gasteiger partial charge >= 0.3 is 6.09 Å². The summed E-state index contributed by atoms with van der Waals surface area (Å²) in [6.45, 7) is 9.82. The van der Waals surface area contributed by atoms with Crippen molar-refractivity contribution < 1.29 is 34.0 Å². The van der Waals surface area contributed by atoms with E-state index in [2.05, 4.69) is 10.2 Å². The first-order chi connectivity index (χ1) is 23.9. The van der Waals surface area contributed by atoms with E-state index >= 15 is 0 Å². The highest BCUT2D eigenvalue weighted by molar-refractivity contribution is 5.84. The molecule has 1 saturated heterocycles. The SMILES string of the molecule is CN(C(=O)[C@H](C[C@H](O)[C@H](Cc1ccccc1)NC(=O)OC(C)(C)C)c1ccc(OCCN2CCOCC2)cc1)[C@H]1c2ccccc2[C@H](N)[C@H]1O. The molecule has 2 aliphatic rings. The third kappa shape index (κ3) is 9.61. The van der Waals surface area contributed by atoms with Gasteiger partial charge in [0.1, 0.15) is 18.0 Å². The predicted octanol–water partition coefficient (Wildman–Crippen LogP) is 3.94. The van der Waals surface area contributed by atoms with E-state index < -0.39 is 47.9 Å². The summed E-state index contributed by atoms with van der Waals surface area (Å²) in [4.78, 5) is 31.3. The highest BCUT2D eigenvalue weighted by Gasteiger charge is 2.43. The van der Waals surface area contributed by atoms with Crippen molar-refractivity contribution in [1.29, 1.82) is 0 Å². The minimum Gasteiger partial charge on any atom is -0.492 e. The Morgan fingerprint density at radius 3 is 2.30 bits per heavy atom. The zero-order chi connectivity index (χ0) is 35.8.